The van der Waals surface area contributed by atoms with Crippen molar-refractivity contribution in [2.24, 2.45) is 0 Å². The number of alkyl halides is 3. The minimum Gasteiger partial charge on any atom is -0.389 e. The van der Waals surface area contributed by atoms with Gasteiger partial charge >= 0.3 is 12.2 Å². The first-order valence-corrected chi connectivity index (χ1v) is 6.13. The van der Waals surface area contributed by atoms with E-state index < -0.39 is 24.9 Å². The van der Waals surface area contributed by atoms with Gasteiger partial charge in [0.1, 0.15) is 6.54 Å². The molecule has 1 unspecified atom stereocenters. The Morgan fingerprint density at radius 1 is 1.35 bits per heavy atom. The summed E-state index contributed by atoms with van der Waals surface area (Å²) in [4.78, 5) is 12.4. The van der Waals surface area contributed by atoms with E-state index in [1.165, 1.54) is 19.1 Å². The molecule has 112 valence electrons. The number of aliphatic hydroxyl groups is 1. The molecule has 0 bridgehead atoms. The molecular weight excluding hydrogens is 273 g/mol. The van der Waals surface area contributed by atoms with E-state index in [4.69, 9.17) is 0 Å². The van der Waals surface area contributed by atoms with E-state index in [2.05, 4.69) is 5.32 Å². The van der Waals surface area contributed by atoms with Gasteiger partial charge in [-0.1, -0.05) is 12.1 Å². The lowest BCUT2D eigenvalue weighted by Crippen LogP contribution is -2.41. The van der Waals surface area contributed by atoms with Crippen molar-refractivity contribution in [1.29, 1.82) is 0 Å². The minimum absolute atomic E-state index is 0.0445. The van der Waals surface area contributed by atoms with Crippen molar-refractivity contribution in [2.45, 2.75) is 26.1 Å². The summed E-state index contributed by atoms with van der Waals surface area (Å²) in [5.41, 5.74) is 1.03. The lowest BCUT2D eigenvalue weighted by Gasteiger charge is -2.22. The van der Waals surface area contributed by atoms with E-state index in [1.807, 2.05) is 0 Å². The molecule has 0 heterocycles. The number of aliphatic hydroxyl groups excluding tert-OH is 1. The third-order valence-electron chi connectivity index (χ3n) is 2.68. The molecule has 0 aromatic heterocycles. The van der Waals surface area contributed by atoms with Crippen LogP contribution in [-0.4, -0.2) is 35.3 Å². The summed E-state index contributed by atoms with van der Waals surface area (Å²) in [6.45, 7) is 1.73. The van der Waals surface area contributed by atoms with Crippen molar-refractivity contribution in [3.8, 4) is 0 Å². The molecular formula is C13H17F3N2O2. The van der Waals surface area contributed by atoms with Crippen LogP contribution in [0, 0.1) is 0 Å². The number of amides is 2. The molecule has 0 aliphatic rings. The van der Waals surface area contributed by atoms with E-state index in [0.29, 0.717) is 16.2 Å². The van der Waals surface area contributed by atoms with Crippen molar-refractivity contribution >= 4 is 11.7 Å². The monoisotopic (exact) mass is 290 g/mol. The Balaban J connectivity index is 2.68. The highest BCUT2D eigenvalue weighted by molar-refractivity contribution is 5.89. The Kier molecular flexibility index (Phi) is 5.38. The zero-order valence-electron chi connectivity index (χ0n) is 11.2. The van der Waals surface area contributed by atoms with Gasteiger partial charge in [0.2, 0.25) is 0 Å². The van der Waals surface area contributed by atoms with E-state index in [0.717, 1.165) is 0 Å². The van der Waals surface area contributed by atoms with Crippen LogP contribution in [0.15, 0.2) is 24.3 Å². The molecule has 0 fully saturated rings. The number of carbonyl (C=O) groups excluding carboxylic acids is 1. The number of urea groups is 1. The van der Waals surface area contributed by atoms with E-state index >= 15 is 0 Å². The van der Waals surface area contributed by atoms with Crippen molar-refractivity contribution in [3.05, 3.63) is 29.8 Å². The summed E-state index contributed by atoms with van der Waals surface area (Å²) < 4.78 is 36.9. The second kappa shape index (κ2) is 6.60. The number of carbonyl (C=O) groups is 1. The normalized spacial score (nSPS) is 12.9. The largest absolute Gasteiger partial charge is 0.406 e. The van der Waals surface area contributed by atoms with Gasteiger partial charge in [-0.2, -0.15) is 13.2 Å². The summed E-state index contributed by atoms with van der Waals surface area (Å²) in [6.07, 6.45) is -5.07. The van der Waals surface area contributed by atoms with E-state index in [1.54, 1.807) is 19.1 Å². The number of benzene rings is 1. The fourth-order valence-corrected chi connectivity index (χ4v) is 1.59. The van der Waals surface area contributed by atoms with Crippen LogP contribution >= 0.6 is 0 Å². The van der Waals surface area contributed by atoms with E-state index in [-0.39, 0.29) is 6.54 Å². The first-order chi connectivity index (χ1) is 9.23. The maximum absolute atomic E-state index is 12.3. The third kappa shape index (κ3) is 5.08. The van der Waals surface area contributed by atoms with Gasteiger partial charge in [0.05, 0.1) is 6.10 Å². The molecule has 2 N–H and O–H groups in total. The predicted molar refractivity (Wildman–Crippen MR) is 69.4 cm³/mol. The number of hydrogen-bond donors (Lipinski definition) is 2. The molecule has 1 rings (SSSR count). The van der Waals surface area contributed by atoms with Crippen LogP contribution in [0.3, 0.4) is 0 Å². The topological polar surface area (TPSA) is 52.6 Å². The smallest absolute Gasteiger partial charge is 0.389 e. The average molecular weight is 290 g/mol. The maximum Gasteiger partial charge on any atom is 0.406 e. The number of nitrogens with one attached hydrogen (secondary N) is 1. The summed E-state index contributed by atoms with van der Waals surface area (Å²) in [5, 5.41) is 11.7. The Morgan fingerprint density at radius 3 is 2.30 bits per heavy atom. The molecule has 1 atom stereocenters. The molecule has 0 aliphatic carbocycles. The van der Waals surface area contributed by atoms with Crippen LogP contribution in [0.2, 0.25) is 0 Å². The highest BCUT2D eigenvalue weighted by Crippen LogP contribution is 2.18. The van der Waals surface area contributed by atoms with Crippen molar-refractivity contribution < 1.29 is 23.1 Å². The Labute approximate surface area is 115 Å². The average Bonchev–Trinajstić information content (AvgIpc) is 2.35. The number of rotatable bonds is 4. The van der Waals surface area contributed by atoms with Crippen LogP contribution in [-0.2, 0) is 0 Å². The first-order valence-electron chi connectivity index (χ1n) is 6.13. The van der Waals surface area contributed by atoms with Gasteiger partial charge in [-0.25, -0.2) is 4.79 Å². The van der Waals surface area contributed by atoms with Gasteiger partial charge in [-0.15, -0.1) is 0 Å². The standard InChI is InChI=1S/C13H17F3N2O2/c1-3-18(8-13(14,15)16)12(20)17-11-6-4-10(5-7-11)9(2)19/h4-7,9,19H,3,8H2,1-2H3,(H,17,20). The predicted octanol–water partition coefficient (Wildman–Crippen LogP) is 3.16. The van der Waals surface area contributed by atoms with Crippen LogP contribution in [0.5, 0.6) is 0 Å². The number of anilines is 1. The molecule has 0 spiro atoms. The quantitative estimate of drug-likeness (QED) is 0.895. The molecule has 0 aliphatic heterocycles. The Morgan fingerprint density at radius 2 is 1.90 bits per heavy atom. The van der Waals surface area contributed by atoms with E-state index in [9.17, 15) is 23.1 Å². The summed E-state index contributed by atoms with van der Waals surface area (Å²) >= 11 is 0. The molecule has 2 amide bonds. The zero-order valence-corrected chi connectivity index (χ0v) is 11.2. The molecule has 20 heavy (non-hydrogen) atoms. The summed E-state index contributed by atoms with van der Waals surface area (Å²) in [6, 6.07) is 5.44. The van der Waals surface area contributed by atoms with Crippen molar-refractivity contribution in [2.75, 3.05) is 18.4 Å². The summed E-state index contributed by atoms with van der Waals surface area (Å²) in [7, 11) is 0. The van der Waals surface area contributed by atoms with Gasteiger partial charge in [-0.3, -0.25) is 0 Å². The van der Waals surface area contributed by atoms with Crippen LogP contribution in [0.4, 0.5) is 23.7 Å². The Bertz CT molecular complexity index is 444. The Hall–Kier alpha value is -1.76. The second-order valence-electron chi connectivity index (χ2n) is 4.36. The molecule has 0 radical (unpaired) electrons. The maximum atomic E-state index is 12.3. The molecule has 4 nitrogen and oxygen atoms in total. The highest BCUT2D eigenvalue weighted by Gasteiger charge is 2.32. The third-order valence-corrected chi connectivity index (χ3v) is 2.68. The van der Waals surface area contributed by atoms with Gasteiger partial charge in [0.15, 0.2) is 0 Å². The van der Waals surface area contributed by atoms with Gasteiger partial charge in [-0.05, 0) is 31.5 Å². The van der Waals surface area contributed by atoms with Crippen LogP contribution in [0.1, 0.15) is 25.5 Å². The van der Waals surface area contributed by atoms with Crippen LogP contribution in [0.25, 0.3) is 0 Å². The fraction of sp³-hybridized carbons (Fsp3) is 0.462. The van der Waals surface area contributed by atoms with Gasteiger partial charge in [0, 0.05) is 12.2 Å². The highest BCUT2D eigenvalue weighted by atomic mass is 19.4. The minimum atomic E-state index is -4.43. The second-order valence-corrected chi connectivity index (χ2v) is 4.36. The lowest BCUT2D eigenvalue weighted by atomic mass is 10.1. The summed E-state index contributed by atoms with van der Waals surface area (Å²) in [5.74, 6) is 0. The lowest BCUT2D eigenvalue weighted by molar-refractivity contribution is -0.139. The molecule has 0 saturated heterocycles. The van der Waals surface area contributed by atoms with Crippen molar-refractivity contribution in [1.82, 2.24) is 4.90 Å². The number of halogens is 3. The fourth-order valence-electron chi connectivity index (χ4n) is 1.59. The molecule has 1 aromatic rings. The first kappa shape index (κ1) is 16.3. The zero-order chi connectivity index (χ0) is 15.3. The molecule has 7 heteroatoms. The molecule has 1 aromatic carbocycles. The van der Waals surface area contributed by atoms with Gasteiger partial charge in [0.25, 0.3) is 0 Å². The SMILES string of the molecule is CCN(CC(F)(F)F)C(=O)Nc1ccc(C(C)O)cc1. The van der Waals surface area contributed by atoms with Gasteiger partial charge < -0.3 is 15.3 Å². The van der Waals surface area contributed by atoms with Crippen LogP contribution < -0.4 is 5.32 Å². The molecule has 0 saturated carbocycles. The number of nitrogens with zero attached hydrogens (tertiary/aromatic N) is 1. The van der Waals surface area contributed by atoms with Crippen molar-refractivity contribution in [3.63, 3.8) is 0 Å². The number of hydrogen-bond acceptors (Lipinski definition) is 2.